The maximum Gasteiger partial charge on any atom is 0.417 e. The van der Waals surface area contributed by atoms with E-state index < -0.39 is 22.7 Å². The maximum atomic E-state index is 12.9. The van der Waals surface area contributed by atoms with Gasteiger partial charge in [-0.05, 0) is 36.4 Å². The minimum absolute atomic E-state index is 0.133. The van der Waals surface area contributed by atoms with Gasteiger partial charge in [0, 0.05) is 12.1 Å². The molecule has 0 bridgehead atoms. The molecule has 33 heavy (non-hydrogen) atoms. The molecule has 0 aliphatic rings. The molecular formula is C22H15ClF3N3O4. The Bertz CT molecular complexity index is 1320. The number of rotatable bonds is 6. The minimum Gasteiger partial charge on any atom is -0.480 e. The van der Waals surface area contributed by atoms with Crippen molar-refractivity contribution < 1.29 is 32.2 Å². The van der Waals surface area contributed by atoms with Gasteiger partial charge >= 0.3 is 12.1 Å². The van der Waals surface area contributed by atoms with Gasteiger partial charge in [0.05, 0.1) is 23.2 Å². The second-order valence-corrected chi connectivity index (χ2v) is 7.13. The molecular weight excluding hydrogens is 463 g/mol. The van der Waals surface area contributed by atoms with Crippen molar-refractivity contribution in [2.75, 3.05) is 13.7 Å². The number of carbonyl (C=O) groups excluding carboxylic acids is 1. The van der Waals surface area contributed by atoms with E-state index in [1.807, 2.05) is 0 Å². The second-order valence-electron chi connectivity index (χ2n) is 6.73. The zero-order valence-corrected chi connectivity index (χ0v) is 17.7. The number of alkyl halides is 3. The average molecular weight is 478 g/mol. The maximum absolute atomic E-state index is 12.9. The molecule has 0 saturated heterocycles. The van der Waals surface area contributed by atoms with Crippen molar-refractivity contribution in [3.8, 4) is 22.9 Å². The van der Waals surface area contributed by atoms with Gasteiger partial charge in [-0.25, -0.2) is 9.48 Å². The number of hydrogen-bond acceptors (Lipinski definition) is 6. The van der Waals surface area contributed by atoms with E-state index in [0.29, 0.717) is 28.2 Å². The Labute approximate surface area is 190 Å². The predicted molar refractivity (Wildman–Crippen MR) is 113 cm³/mol. The van der Waals surface area contributed by atoms with E-state index in [1.54, 1.807) is 42.5 Å². The van der Waals surface area contributed by atoms with Crippen molar-refractivity contribution in [2.45, 2.75) is 6.18 Å². The van der Waals surface area contributed by atoms with Gasteiger partial charge in [0.2, 0.25) is 0 Å². The first-order chi connectivity index (χ1) is 15.8. The van der Waals surface area contributed by atoms with Crippen LogP contribution in [0.3, 0.4) is 0 Å². The lowest BCUT2D eigenvalue weighted by Crippen LogP contribution is -2.13. The Morgan fingerprint density at radius 2 is 1.79 bits per heavy atom. The largest absolute Gasteiger partial charge is 0.480 e. The van der Waals surface area contributed by atoms with Gasteiger partial charge in [-0.2, -0.15) is 13.2 Å². The molecule has 7 nitrogen and oxygen atoms in total. The van der Waals surface area contributed by atoms with Crippen molar-refractivity contribution in [2.24, 2.45) is 0 Å². The number of ether oxygens (including phenoxy) is 3. The molecule has 11 heteroatoms. The molecule has 1 heterocycles. The third-order valence-electron chi connectivity index (χ3n) is 4.57. The van der Waals surface area contributed by atoms with Crippen molar-refractivity contribution in [3.63, 3.8) is 0 Å². The van der Waals surface area contributed by atoms with Gasteiger partial charge in [-0.15, -0.1) is 5.10 Å². The van der Waals surface area contributed by atoms with E-state index >= 15 is 0 Å². The van der Waals surface area contributed by atoms with Crippen LogP contribution in [-0.2, 0) is 15.7 Å². The Hall–Kier alpha value is -3.79. The quantitative estimate of drug-likeness (QED) is 0.344. The summed E-state index contributed by atoms with van der Waals surface area (Å²) in [5.74, 6) is 0.290. The molecule has 0 aliphatic carbocycles. The van der Waals surface area contributed by atoms with Gasteiger partial charge < -0.3 is 14.2 Å². The van der Waals surface area contributed by atoms with E-state index in [0.717, 1.165) is 12.1 Å². The molecule has 0 radical (unpaired) electrons. The molecule has 4 rings (SSSR count). The van der Waals surface area contributed by atoms with E-state index in [-0.39, 0.29) is 12.4 Å². The van der Waals surface area contributed by atoms with Crippen molar-refractivity contribution in [1.29, 1.82) is 0 Å². The van der Waals surface area contributed by atoms with Crippen molar-refractivity contribution in [1.82, 2.24) is 15.0 Å². The number of benzene rings is 3. The first-order valence-corrected chi connectivity index (χ1v) is 9.83. The number of fused-ring (bicyclic) bond motifs is 1. The fraction of sp³-hybridized carbons (Fsp3) is 0.136. The van der Waals surface area contributed by atoms with Crippen LogP contribution in [0, 0.1) is 0 Å². The summed E-state index contributed by atoms with van der Waals surface area (Å²) in [5.41, 5.74) is 0.645. The van der Waals surface area contributed by atoms with E-state index in [4.69, 9.17) is 21.1 Å². The topological polar surface area (TPSA) is 75.5 Å². The summed E-state index contributed by atoms with van der Waals surface area (Å²) in [7, 11) is 1.26. The summed E-state index contributed by atoms with van der Waals surface area (Å²) in [4.78, 5) is 11.4. The van der Waals surface area contributed by atoms with Gasteiger partial charge in [-0.3, -0.25) is 0 Å². The van der Waals surface area contributed by atoms with Crippen LogP contribution >= 0.6 is 11.6 Å². The van der Waals surface area contributed by atoms with Crippen LogP contribution in [0.1, 0.15) is 5.56 Å². The summed E-state index contributed by atoms with van der Waals surface area (Å²) in [6, 6.07) is 14.9. The van der Waals surface area contributed by atoms with Crippen LogP contribution in [0.25, 0.3) is 16.7 Å². The molecule has 0 atom stereocenters. The number of para-hydroxylation sites is 2. The monoisotopic (exact) mass is 477 g/mol. The van der Waals surface area contributed by atoms with Crippen molar-refractivity contribution in [3.05, 3.63) is 71.2 Å². The van der Waals surface area contributed by atoms with Gasteiger partial charge in [0.25, 0.3) is 0 Å². The molecule has 3 aromatic carbocycles. The second kappa shape index (κ2) is 8.99. The summed E-state index contributed by atoms with van der Waals surface area (Å²) in [5, 5.41) is 7.79. The van der Waals surface area contributed by atoms with Crippen LogP contribution in [0.5, 0.6) is 17.2 Å². The lowest BCUT2D eigenvalue weighted by atomic mass is 10.2. The van der Waals surface area contributed by atoms with Crippen molar-refractivity contribution >= 4 is 28.6 Å². The summed E-state index contributed by atoms with van der Waals surface area (Å²) < 4.78 is 56.1. The van der Waals surface area contributed by atoms with E-state index in [2.05, 4.69) is 15.0 Å². The highest BCUT2D eigenvalue weighted by Gasteiger charge is 2.33. The lowest BCUT2D eigenvalue weighted by Gasteiger charge is -2.12. The molecule has 4 aromatic rings. The molecule has 0 amide bonds. The third-order valence-corrected chi connectivity index (χ3v) is 4.88. The molecule has 0 unspecified atom stereocenters. The van der Waals surface area contributed by atoms with Gasteiger partial charge in [-0.1, -0.05) is 28.9 Å². The number of aromatic nitrogens is 3. The molecule has 170 valence electrons. The Morgan fingerprint density at radius 3 is 2.52 bits per heavy atom. The minimum atomic E-state index is -4.56. The van der Waals surface area contributed by atoms with E-state index in [9.17, 15) is 18.0 Å². The fourth-order valence-electron chi connectivity index (χ4n) is 3.02. The predicted octanol–water partition coefficient (Wildman–Crippen LogP) is 5.44. The third kappa shape index (κ3) is 4.85. The van der Waals surface area contributed by atoms with Gasteiger partial charge in [0.15, 0.2) is 6.61 Å². The standard InChI is InChI=1S/C22H15ClF3N3O4/c1-31-21(30)12-32-20-5-3-2-4-18(20)29-19-11-14(7-9-17(19)27-28-29)33-13-6-8-15(16(23)10-13)22(24,25)26/h2-11H,12H2,1H3. The Morgan fingerprint density at radius 1 is 1.06 bits per heavy atom. The van der Waals surface area contributed by atoms with Crippen LogP contribution in [0.2, 0.25) is 5.02 Å². The molecule has 0 saturated carbocycles. The molecule has 1 aromatic heterocycles. The van der Waals surface area contributed by atoms with Crippen LogP contribution in [0.15, 0.2) is 60.7 Å². The zero-order valence-electron chi connectivity index (χ0n) is 17.0. The number of esters is 1. The first-order valence-electron chi connectivity index (χ1n) is 9.45. The number of halogens is 4. The molecule has 0 N–H and O–H groups in total. The molecule has 0 fully saturated rings. The Balaban J connectivity index is 1.66. The number of methoxy groups -OCH3 is 1. The smallest absolute Gasteiger partial charge is 0.417 e. The summed E-state index contributed by atoms with van der Waals surface area (Å²) in [6.07, 6.45) is -4.56. The highest BCUT2D eigenvalue weighted by atomic mass is 35.5. The Kier molecular flexibility index (Phi) is 6.10. The fourth-order valence-corrected chi connectivity index (χ4v) is 3.29. The SMILES string of the molecule is COC(=O)COc1ccccc1-n1nnc2ccc(Oc3ccc(C(F)(F)F)c(Cl)c3)cc21. The first kappa shape index (κ1) is 22.4. The average Bonchev–Trinajstić information content (AvgIpc) is 3.20. The van der Waals surface area contributed by atoms with E-state index in [1.165, 1.54) is 17.9 Å². The van der Waals surface area contributed by atoms with Crippen LogP contribution < -0.4 is 9.47 Å². The summed E-state index contributed by atoms with van der Waals surface area (Å²) in [6.45, 7) is -0.289. The molecule has 0 aliphatic heterocycles. The normalized spacial score (nSPS) is 11.4. The number of nitrogens with zero attached hydrogens (tertiary/aromatic N) is 3. The highest BCUT2D eigenvalue weighted by molar-refractivity contribution is 6.31. The number of hydrogen-bond donors (Lipinski definition) is 0. The lowest BCUT2D eigenvalue weighted by molar-refractivity contribution is -0.143. The summed E-state index contributed by atoms with van der Waals surface area (Å²) >= 11 is 5.77. The van der Waals surface area contributed by atoms with Gasteiger partial charge in [0.1, 0.15) is 28.5 Å². The van der Waals surface area contributed by atoms with Crippen LogP contribution in [0.4, 0.5) is 13.2 Å². The zero-order chi connectivity index (χ0) is 23.6. The highest BCUT2D eigenvalue weighted by Crippen LogP contribution is 2.37. The van der Waals surface area contributed by atoms with Crippen LogP contribution in [-0.4, -0.2) is 34.7 Å². The number of carbonyl (C=O) groups is 1. The molecule has 0 spiro atoms.